The summed E-state index contributed by atoms with van der Waals surface area (Å²) >= 11 is 0. The van der Waals surface area contributed by atoms with E-state index in [4.69, 9.17) is 4.42 Å². The fourth-order valence-corrected chi connectivity index (χ4v) is 5.71. The van der Waals surface area contributed by atoms with E-state index < -0.39 is 0 Å². The molecule has 2 amide bonds. The molecule has 0 bridgehead atoms. The van der Waals surface area contributed by atoms with Crippen LogP contribution in [0.15, 0.2) is 34.7 Å². The maximum Gasteiger partial charge on any atom is 0.225 e. The van der Waals surface area contributed by atoms with Crippen molar-refractivity contribution in [2.45, 2.75) is 94.8 Å². The van der Waals surface area contributed by atoms with E-state index in [0.717, 1.165) is 56.4 Å². The fraction of sp³-hybridized carbons (Fsp3) is 0.615. The molecule has 8 nitrogen and oxygen atoms in total. The lowest BCUT2D eigenvalue weighted by Crippen LogP contribution is -2.62. The fourth-order valence-electron chi connectivity index (χ4n) is 5.71. The zero-order valence-corrected chi connectivity index (χ0v) is 19.7. The van der Waals surface area contributed by atoms with Gasteiger partial charge in [-0.25, -0.2) is 0 Å². The van der Waals surface area contributed by atoms with Crippen LogP contribution in [0.4, 0.5) is 0 Å². The third-order valence-corrected chi connectivity index (χ3v) is 7.62. The predicted octanol–water partition coefficient (Wildman–Crippen LogP) is 3.19. The van der Waals surface area contributed by atoms with Gasteiger partial charge < -0.3 is 15.1 Å². The molecule has 2 heterocycles. The molecule has 2 aliphatic carbocycles. The van der Waals surface area contributed by atoms with Crippen LogP contribution in [0.25, 0.3) is 0 Å². The molecule has 3 atom stereocenters. The Kier molecular flexibility index (Phi) is 7.23. The van der Waals surface area contributed by atoms with E-state index in [1.807, 2.05) is 18.2 Å². The highest BCUT2D eigenvalue weighted by molar-refractivity contribution is 5.81. The number of carbonyl (C=O) groups is 2. The molecule has 2 aromatic rings. The van der Waals surface area contributed by atoms with E-state index >= 15 is 0 Å². The van der Waals surface area contributed by atoms with Gasteiger partial charge in [-0.1, -0.05) is 43.2 Å². The molecule has 3 unspecified atom stereocenters. The van der Waals surface area contributed by atoms with Crippen LogP contribution < -0.4 is 16.0 Å². The molecule has 0 radical (unpaired) electrons. The van der Waals surface area contributed by atoms with Crippen LogP contribution >= 0.6 is 0 Å². The van der Waals surface area contributed by atoms with Crippen LogP contribution in [-0.2, 0) is 16.0 Å². The maximum atomic E-state index is 12.6. The summed E-state index contributed by atoms with van der Waals surface area (Å²) in [5.41, 5.74) is 1.16. The first-order valence-electron chi connectivity index (χ1n) is 12.9. The standard InChI is InChI=1S/C26H35N5O3/c32-23(15-14-22-28-21-9-5-4-8-20(21)25(33)29-22)27-19-12-10-18(11-13-19)26-31-30-24(34-26)16-17-6-2-1-3-7-17/h1-3,6-7,18-22,28H,4-5,8-16H2,(H,27,32)(H,29,33). The summed E-state index contributed by atoms with van der Waals surface area (Å²) in [5, 5.41) is 18.3. The zero-order chi connectivity index (χ0) is 23.3. The van der Waals surface area contributed by atoms with Crippen LogP contribution in [0.5, 0.6) is 0 Å². The van der Waals surface area contributed by atoms with Crippen molar-refractivity contribution < 1.29 is 14.0 Å². The maximum absolute atomic E-state index is 12.6. The van der Waals surface area contributed by atoms with Gasteiger partial charge in [-0.2, -0.15) is 0 Å². The average molecular weight is 466 g/mol. The molecule has 1 saturated heterocycles. The number of hydrogen-bond donors (Lipinski definition) is 3. The van der Waals surface area contributed by atoms with Gasteiger partial charge in [0, 0.05) is 24.4 Å². The van der Waals surface area contributed by atoms with E-state index in [-0.39, 0.29) is 41.9 Å². The minimum Gasteiger partial charge on any atom is -0.425 e. The summed E-state index contributed by atoms with van der Waals surface area (Å²) in [4.78, 5) is 24.9. The summed E-state index contributed by atoms with van der Waals surface area (Å²) in [5.74, 6) is 1.95. The zero-order valence-electron chi connectivity index (χ0n) is 19.7. The van der Waals surface area contributed by atoms with Crippen molar-refractivity contribution in [1.82, 2.24) is 26.1 Å². The van der Waals surface area contributed by atoms with E-state index in [9.17, 15) is 9.59 Å². The number of aromatic nitrogens is 2. The van der Waals surface area contributed by atoms with Gasteiger partial charge in [0.15, 0.2) is 0 Å². The summed E-state index contributed by atoms with van der Waals surface area (Å²) in [6, 6.07) is 10.6. The average Bonchev–Trinajstić information content (AvgIpc) is 3.32. The van der Waals surface area contributed by atoms with Gasteiger partial charge in [0.1, 0.15) is 0 Å². The Morgan fingerprint density at radius 2 is 1.82 bits per heavy atom. The first-order valence-corrected chi connectivity index (χ1v) is 12.9. The van der Waals surface area contributed by atoms with E-state index in [0.29, 0.717) is 25.2 Å². The van der Waals surface area contributed by atoms with Crippen LogP contribution in [-0.4, -0.2) is 40.3 Å². The second-order valence-corrected chi connectivity index (χ2v) is 10.1. The van der Waals surface area contributed by atoms with Gasteiger partial charge >= 0.3 is 0 Å². The Bertz CT molecular complexity index is 970. The summed E-state index contributed by atoms with van der Waals surface area (Å²) in [6.45, 7) is 0. The summed E-state index contributed by atoms with van der Waals surface area (Å²) in [6.07, 6.45) is 9.61. The van der Waals surface area contributed by atoms with Gasteiger partial charge in [-0.3, -0.25) is 14.9 Å². The highest BCUT2D eigenvalue weighted by Gasteiger charge is 2.37. The highest BCUT2D eigenvalue weighted by Crippen LogP contribution is 2.32. The van der Waals surface area contributed by atoms with Crippen molar-refractivity contribution in [2.24, 2.45) is 5.92 Å². The summed E-state index contributed by atoms with van der Waals surface area (Å²) < 4.78 is 5.94. The SMILES string of the molecule is O=C(CCC1NC(=O)C2CCCCC2N1)NC1CCC(c2nnc(Cc3ccccc3)o2)CC1. The molecule has 1 aromatic carbocycles. The number of carbonyl (C=O) groups excluding carboxylic acids is 2. The van der Waals surface area contributed by atoms with Crippen LogP contribution in [0.2, 0.25) is 0 Å². The molecule has 3 N–H and O–H groups in total. The van der Waals surface area contributed by atoms with Crippen molar-refractivity contribution >= 4 is 11.8 Å². The summed E-state index contributed by atoms with van der Waals surface area (Å²) in [7, 11) is 0. The van der Waals surface area contributed by atoms with Crippen molar-refractivity contribution in [1.29, 1.82) is 0 Å². The van der Waals surface area contributed by atoms with Gasteiger partial charge in [-0.15, -0.1) is 10.2 Å². The second kappa shape index (κ2) is 10.7. The number of nitrogens with zero attached hydrogens (tertiary/aromatic N) is 2. The Morgan fingerprint density at radius 1 is 1.03 bits per heavy atom. The largest absolute Gasteiger partial charge is 0.425 e. The number of rotatable bonds is 7. The normalized spacial score (nSPS) is 29.2. The van der Waals surface area contributed by atoms with Crippen molar-refractivity contribution in [3.8, 4) is 0 Å². The van der Waals surface area contributed by atoms with Crippen molar-refractivity contribution in [3.63, 3.8) is 0 Å². The third-order valence-electron chi connectivity index (χ3n) is 7.62. The van der Waals surface area contributed by atoms with Gasteiger partial charge in [0.2, 0.25) is 23.6 Å². The third kappa shape index (κ3) is 5.66. The number of fused-ring (bicyclic) bond motifs is 1. The number of benzene rings is 1. The van der Waals surface area contributed by atoms with Crippen molar-refractivity contribution in [3.05, 3.63) is 47.7 Å². The second-order valence-electron chi connectivity index (χ2n) is 10.1. The molecule has 3 fully saturated rings. The minimum atomic E-state index is -0.101. The number of nitrogens with one attached hydrogen (secondary N) is 3. The van der Waals surface area contributed by atoms with E-state index in [1.165, 1.54) is 6.42 Å². The molecule has 2 saturated carbocycles. The van der Waals surface area contributed by atoms with Crippen LogP contribution in [0, 0.1) is 5.92 Å². The molecule has 182 valence electrons. The topological polar surface area (TPSA) is 109 Å². The smallest absolute Gasteiger partial charge is 0.225 e. The van der Waals surface area contributed by atoms with Crippen LogP contribution in [0.1, 0.15) is 87.5 Å². The molecular formula is C26H35N5O3. The highest BCUT2D eigenvalue weighted by atomic mass is 16.4. The first-order chi connectivity index (χ1) is 16.6. The Balaban J connectivity index is 1.03. The molecule has 0 spiro atoms. The molecule has 5 rings (SSSR count). The molecule has 1 aliphatic heterocycles. The Hall–Kier alpha value is -2.74. The van der Waals surface area contributed by atoms with Gasteiger partial charge in [-0.05, 0) is 50.5 Å². The first kappa shape index (κ1) is 23.0. The number of amides is 2. The van der Waals surface area contributed by atoms with E-state index in [1.54, 1.807) is 0 Å². The van der Waals surface area contributed by atoms with Crippen molar-refractivity contribution in [2.75, 3.05) is 0 Å². The predicted molar refractivity (Wildman–Crippen MR) is 127 cm³/mol. The van der Waals surface area contributed by atoms with Gasteiger partial charge in [0.05, 0.1) is 18.5 Å². The Morgan fingerprint density at radius 3 is 2.65 bits per heavy atom. The number of hydrogen-bond acceptors (Lipinski definition) is 6. The molecule has 8 heteroatoms. The monoisotopic (exact) mass is 465 g/mol. The lowest BCUT2D eigenvalue weighted by molar-refractivity contribution is -0.131. The van der Waals surface area contributed by atoms with Crippen LogP contribution in [0.3, 0.4) is 0 Å². The van der Waals surface area contributed by atoms with Gasteiger partial charge in [0.25, 0.3) is 0 Å². The molecule has 34 heavy (non-hydrogen) atoms. The molecule has 1 aromatic heterocycles. The lowest BCUT2D eigenvalue weighted by atomic mass is 9.82. The minimum absolute atomic E-state index is 0.0632. The van der Waals surface area contributed by atoms with E-state index in [2.05, 4.69) is 38.3 Å². The quantitative estimate of drug-likeness (QED) is 0.579. The Labute approximate surface area is 200 Å². The molecule has 3 aliphatic rings. The molecular weight excluding hydrogens is 430 g/mol. The lowest BCUT2D eigenvalue weighted by Gasteiger charge is -2.40.